The molecule has 0 aliphatic carbocycles. The predicted octanol–water partition coefficient (Wildman–Crippen LogP) is 3.88. The molecule has 0 bridgehead atoms. The monoisotopic (exact) mass is 331 g/mol. The molecule has 126 valence electrons. The molecule has 1 aliphatic rings. The third-order valence-corrected chi connectivity index (χ3v) is 4.39. The summed E-state index contributed by atoms with van der Waals surface area (Å²) in [5.74, 6) is -1.82. The number of halogens is 2. The molecule has 3 nitrogen and oxygen atoms in total. The molecule has 0 unspecified atom stereocenters. The van der Waals surface area contributed by atoms with Gasteiger partial charge in [-0.1, -0.05) is 24.3 Å². The van der Waals surface area contributed by atoms with Gasteiger partial charge in [0.15, 0.2) is 11.6 Å². The van der Waals surface area contributed by atoms with Gasteiger partial charge < -0.3 is 9.64 Å². The molecule has 1 atom stereocenters. The Bertz CT molecular complexity index is 731. The van der Waals surface area contributed by atoms with Gasteiger partial charge in [0, 0.05) is 24.8 Å². The van der Waals surface area contributed by atoms with Gasteiger partial charge in [-0.25, -0.2) is 8.78 Å². The van der Waals surface area contributed by atoms with E-state index in [-0.39, 0.29) is 17.5 Å². The van der Waals surface area contributed by atoms with Crippen molar-refractivity contribution in [2.45, 2.75) is 18.9 Å². The zero-order chi connectivity index (χ0) is 17.1. The van der Waals surface area contributed by atoms with E-state index in [0.29, 0.717) is 24.3 Å². The molecule has 24 heavy (non-hydrogen) atoms. The van der Waals surface area contributed by atoms with Crippen LogP contribution < -0.4 is 0 Å². The highest BCUT2D eigenvalue weighted by Crippen LogP contribution is 2.26. The summed E-state index contributed by atoms with van der Waals surface area (Å²) in [6.07, 6.45) is 1.90. The van der Waals surface area contributed by atoms with Crippen LogP contribution >= 0.6 is 0 Å². The lowest BCUT2D eigenvalue weighted by Crippen LogP contribution is -2.38. The summed E-state index contributed by atoms with van der Waals surface area (Å²) in [6.45, 7) is 1.24. The summed E-state index contributed by atoms with van der Waals surface area (Å²) < 4.78 is 32.4. The van der Waals surface area contributed by atoms with Crippen LogP contribution in [0.1, 0.15) is 23.2 Å². The quantitative estimate of drug-likeness (QED) is 0.851. The lowest BCUT2D eigenvalue weighted by atomic mass is 10.0. The van der Waals surface area contributed by atoms with Crippen molar-refractivity contribution >= 4 is 5.91 Å². The van der Waals surface area contributed by atoms with Gasteiger partial charge in [0.25, 0.3) is 5.91 Å². The van der Waals surface area contributed by atoms with Crippen LogP contribution in [0.2, 0.25) is 0 Å². The minimum absolute atomic E-state index is 0.0548. The van der Waals surface area contributed by atoms with Crippen molar-refractivity contribution in [1.29, 1.82) is 0 Å². The lowest BCUT2D eigenvalue weighted by molar-refractivity contribution is 0.0630. The lowest BCUT2D eigenvalue weighted by Gasteiger charge is -2.24. The highest BCUT2D eigenvalue weighted by molar-refractivity contribution is 5.95. The van der Waals surface area contributed by atoms with Crippen molar-refractivity contribution in [1.82, 2.24) is 4.90 Å². The van der Waals surface area contributed by atoms with Gasteiger partial charge in [-0.05, 0) is 36.6 Å². The third-order valence-electron chi connectivity index (χ3n) is 4.39. The van der Waals surface area contributed by atoms with Crippen LogP contribution in [-0.4, -0.2) is 37.1 Å². The maximum atomic E-state index is 13.9. The Morgan fingerprint density at radius 1 is 1.21 bits per heavy atom. The molecule has 1 heterocycles. The Balaban J connectivity index is 1.82. The number of nitrogens with zero attached hydrogens (tertiary/aromatic N) is 1. The average molecular weight is 331 g/mol. The number of ether oxygens (including phenoxy) is 1. The first-order chi connectivity index (χ1) is 11.6. The van der Waals surface area contributed by atoms with Crippen LogP contribution in [0.3, 0.4) is 0 Å². The second-order valence-electron chi connectivity index (χ2n) is 5.93. The van der Waals surface area contributed by atoms with E-state index in [1.54, 1.807) is 31.4 Å². The molecule has 0 aromatic heterocycles. The molecule has 1 saturated heterocycles. The van der Waals surface area contributed by atoms with Crippen LogP contribution in [0.4, 0.5) is 8.78 Å². The van der Waals surface area contributed by atoms with E-state index in [4.69, 9.17) is 4.74 Å². The van der Waals surface area contributed by atoms with Crippen LogP contribution in [0.5, 0.6) is 0 Å². The molecule has 0 radical (unpaired) electrons. The van der Waals surface area contributed by atoms with Crippen molar-refractivity contribution in [2.24, 2.45) is 0 Å². The Morgan fingerprint density at radius 3 is 2.67 bits per heavy atom. The molecule has 1 amide bonds. The highest BCUT2D eigenvalue weighted by atomic mass is 19.2. The molecule has 1 fully saturated rings. The minimum atomic E-state index is -0.882. The zero-order valence-electron chi connectivity index (χ0n) is 13.5. The molecule has 0 N–H and O–H groups in total. The van der Waals surface area contributed by atoms with Crippen molar-refractivity contribution in [2.75, 3.05) is 20.3 Å². The van der Waals surface area contributed by atoms with Crippen LogP contribution in [0.25, 0.3) is 11.1 Å². The van der Waals surface area contributed by atoms with Gasteiger partial charge in [-0.15, -0.1) is 0 Å². The SMILES string of the molecule is COC[C@@H]1CCCN1C(=O)c1ccc(-c2cccc(F)c2F)cc1. The van der Waals surface area contributed by atoms with Crippen LogP contribution in [0.15, 0.2) is 42.5 Å². The Labute approximate surface area is 139 Å². The molecule has 2 aromatic carbocycles. The molecular formula is C19H19F2NO2. The van der Waals surface area contributed by atoms with Gasteiger partial charge in [0.05, 0.1) is 12.6 Å². The van der Waals surface area contributed by atoms with Crippen molar-refractivity contribution < 1.29 is 18.3 Å². The third kappa shape index (κ3) is 3.17. The van der Waals surface area contributed by atoms with Crippen molar-refractivity contribution in [3.05, 3.63) is 59.7 Å². The molecule has 1 aliphatic heterocycles. The van der Waals surface area contributed by atoms with E-state index in [2.05, 4.69) is 0 Å². The molecule has 0 saturated carbocycles. The van der Waals surface area contributed by atoms with Gasteiger partial charge in [-0.3, -0.25) is 4.79 Å². The average Bonchev–Trinajstić information content (AvgIpc) is 3.05. The summed E-state index contributed by atoms with van der Waals surface area (Å²) in [5, 5.41) is 0. The molecule has 2 aromatic rings. The molecule has 0 spiro atoms. The predicted molar refractivity (Wildman–Crippen MR) is 87.7 cm³/mol. The summed E-state index contributed by atoms with van der Waals surface area (Å²) in [5.41, 5.74) is 1.27. The zero-order valence-corrected chi connectivity index (χ0v) is 13.5. The van der Waals surface area contributed by atoms with Gasteiger partial charge in [-0.2, -0.15) is 0 Å². The number of rotatable bonds is 4. The van der Waals surface area contributed by atoms with Crippen LogP contribution in [0, 0.1) is 11.6 Å². The largest absolute Gasteiger partial charge is 0.383 e. The topological polar surface area (TPSA) is 29.5 Å². The molecule has 5 heteroatoms. The number of methoxy groups -OCH3 is 1. The van der Waals surface area contributed by atoms with Gasteiger partial charge >= 0.3 is 0 Å². The van der Waals surface area contributed by atoms with Crippen molar-refractivity contribution in [3.63, 3.8) is 0 Å². The number of likely N-dealkylation sites (tertiary alicyclic amines) is 1. The van der Waals surface area contributed by atoms with E-state index in [9.17, 15) is 13.6 Å². The van der Waals surface area contributed by atoms with E-state index >= 15 is 0 Å². The molecular weight excluding hydrogens is 312 g/mol. The second kappa shape index (κ2) is 7.09. The summed E-state index contributed by atoms with van der Waals surface area (Å²) in [4.78, 5) is 14.5. The minimum Gasteiger partial charge on any atom is -0.383 e. The van der Waals surface area contributed by atoms with Gasteiger partial charge in [0.2, 0.25) is 0 Å². The smallest absolute Gasteiger partial charge is 0.254 e. The number of benzene rings is 2. The van der Waals surface area contributed by atoms with Gasteiger partial charge in [0.1, 0.15) is 0 Å². The number of carbonyl (C=O) groups excluding carboxylic acids is 1. The van der Waals surface area contributed by atoms with Crippen molar-refractivity contribution in [3.8, 4) is 11.1 Å². The fourth-order valence-corrected chi connectivity index (χ4v) is 3.15. The van der Waals surface area contributed by atoms with E-state index in [0.717, 1.165) is 18.9 Å². The normalized spacial score (nSPS) is 17.3. The van der Waals surface area contributed by atoms with Crippen LogP contribution in [-0.2, 0) is 4.74 Å². The van der Waals surface area contributed by atoms with E-state index in [1.165, 1.54) is 12.1 Å². The maximum absolute atomic E-state index is 13.9. The Morgan fingerprint density at radius 2 is 1.96 bits per heavy atom. The fourth-order valence-electron chi connectivity index (χ4n) is 3.15. The number of hydrogen-bond acceptors (Lipinski definition) is 2. The second-order valence-corrected chi connectivity index (χ2v) is 5.93. The first-order valence-corrected chi connectivity index (χ1v) is 7.96. The Kier molecular flexibility index (Phi) is 4.90. The summed E-state index contributed by atoms with van der Waals surface area (Å²) in [7, 11) is 1.63. The number of hydrogen-bond donors (Lipinski definition) is 0. The number of amides is 1. The first kappa shape index (κ1) is 16.6. The fraction of sp³-hybridized carbons (Fsp3) is 0.316. The standard InChI is InChI=1S/C19H19F2NO2/c1-24-12-15-4-3-11-22(15)19(23)14-9-7-13(8-10-14)16-5-2-6-17(20)18(16)21/h2,5-10,15H,3-4,11-12H2,1H3/t15-/m0/s1. The summed E-state index contributed by atoms with van der Waals surface area (Å²) in [6, 6.07) is 10.8. The maximum Gasteiger partial charge on any atom is 0.254 e. The molecule has 3 rings (SSSR count). The van der Waals surface area contributed by atoms with E-state index in [1.807, 2.05) is 4.90 Å². The highest BCUT2D eigenvalue weighted by Gasteiger charge is 2.29. The summed E-state index contributed by atoms with van der Waals surface area (Å²) >= 11 is 0. The van der Waals surface area contributed by atoms with E-state index < -0.39 is 11.6 Å². The number of carbonyl (C=O) groups is 1. The Hall–Kier alpha value is -2.27. The first-order valence-electron chi connectivity index (χ1n) is 7.96.